The standard InChI is InChI=1S/C19H16F3NO3S/c20-19(21,22)27-16-7-5-14(6-8-16)18(25)26-12-17(24)23-10-9-13-3-1-2-4-15(13)11-23/h1-8H,9-12H2. The van der Waals surface area contributed by atoms with Gasteiger partial charge >= 0.3 is 11.5 Å². The number of amides is 1. The molecular weight excluding hydrogens is 379 g/mol. The minimum atomic E-state index is -4.39. The van der Waals surface area contributed by atoms with Crippen molar-refractivity contribution in [2.45, 2.75) is 23.4 Å². The number of halogens is 3. The van der Waals surface area contributed by atoms with Crippen LogP contribution in [0.15, 0.2) is 53.4 Å². The molecular formula is C19H16F3NO3S. The molecule has 0 aliphatic carbocycles. The van der Waals surface area contributed by atoms with Crippen LogP contribution in [-0.2, 0) is 22.5 Å². The summed E-state index contributed by atoms with van der Waals surface area (Å²) in [6.45, 7) is 0.618. The summed E-state index contributed by atoms with van der Waals surface area (Å²) in [5.74, 6) is -1.05. The van der Waals surface area contributed by atoms with E-state index in [9.17, 15) is 22.8 Å². The molecule has 27 heavy (non-hydrogen) atoms. The van der Waals surface area contributed by atoms with Crippen LogP contribution in [0.4, 0.5) is 13.2 Å². The highest BCUT2D eigenvalue weighted by molar-refractivity contribution is 8.00. The predicted octanol–water partition coefficient (Wildman–Crippen LogP) is 4.04. The van der Waals surface area contributed by atoms with E-state index in [0.29, 0.717) is 13.1 Å². The van der Waals surface area contributed by atoms with Crippen molar-refractivity contribution in [3.63, 3.8) is 0 Å². The maximum atomic E-state index is 12.3. The lowest BCUT2D eigenvalue weighted by Crippen LogP contribution is -2.38. The molecule has 0 aromatic heterocycles. The third-order valence-electron chi connectivity index (χ3n) is 4.13. The molecule has 4 nitrogen and oxygen atoms in total. The molecule has 1 aliphatic heterocycles. The van der Waals surface area contributed by atoms with E-state index in [1.807, 2.05) is 24.3 Å². The lowest BCUT2D eigenvalue weighted by atomic mass is 10.00. The number of benzene rings is 2. The predicted molar refractivity (Wildman–Crippen MR) is 94.2 cm³/mol. The topological polar surface area (TPSA) is 46.6 Å². The Kier molecular flexibility index (Phi) is 5.74. The number of carbonyl (C=O) groups is 2. The number of rotatable bonds is 4. The van der Waals surface area contributed by atoms with Gasteiger partial charge in [-0.15, -0.1) is 0 Å². The van der Waals surface area contributed by atoms with Crippen LogP contribution in [-0.4, -0.2) is 35.4 Å². The highest BCUT2D eigenvalue weighted by Crippen LogP contribution is 2.36. The second kappa shape index (κ2) is 8.04. The Bertz CT molecular complexity index is 837. The minimum absolute atomic E-state index is 0.0258. The molecule has 0 spiro atoms. The minimum Gasteiger partial charge on any atom is -0.452 e. The van der Waals surface area contributed by atoms with Crippen LogP contribution in [0.1, 0.15) is 21.5 Å². The summed E-state index contributed by atoms with van der Waals surface area (Å²) in [4.78, 5) is 25.9. The highest BCUT2D eigenvalue weighted by atomic mass is 32.2. The van der Waals surface area contributed by atoms with Gasteiger partial charge < -0.3 is 9.64 Å². The summed E-state index contributed by atoms with van der Waals surface area (Å²) in [6, 6.07) is 12.7. The molecule has 3 rings (SSSR count). The Morgan fingerprint density at radius 3 is 2.37 bits per heavy atom. The molecule has 0 unspecified atom stereocenters. The summed E-state index contributed by atoms with van der Waals surface area (Å²) in [6.07, 6.45) is 0.744. The molecule has 0 fully saturated rings. The van der Waals surface area contributed by atoms with Crippen LogP contribution >= 0.6 is 11.8 Å². The number of thioether (sulfide) groups is 1. The molecule has 1 aliphatic rings. The summed E-state index contributed by atoms with van der Waals surface area (Å²) in [7, 11) is 0. The zero-order valence-corrected chi connectivity index (χ0v) is 15.0. The summed E-state index contributed by atoms with van der Waals surface area (Å²) >= 11 is -0.260. The molecule has 0 bridgehead atoms. The average Bonchev–Trinajstić information content (AvgIpc) is 2.64. The Morgan fingerprint density at radius 1 is 1.04 bits per heavy atom. The Labute approximate surface area is 158 Å². The number of alkyl halides is 3. The van der Waals surface area contributed by atoms with Gasteiger partial charge in [0, 0.05) is 18.0 Å². The van der Waals surface area contributed by atoms with Gasteiger partial charge in [0.15, 0.2) is 6.61 Å². The van der Waals surface area contributed by atoms with Gasteiger partial charge in [0.25, 0.3) is 5.91 Å². The van der Waals surface area contributed by atoms with Crippen molar-refractivity contribution in [2.75, 3.05) is 13.2 Å². The van der Waals surface area contributed by atoms with Crippen molar-refractivity contribution >= 4 is 23.6 Å². The van der Waals surface area contributed by atoms with Gasteiger partial charge in [-0.2, -0.15) is 13.2 Å². The van der Waals surface area contributed by atoms with E-state index in [4.69, 9.17) is 4.74 Å². The number of fused-ring (bicyclic) bond motifs is 1. The third-order valence-corrected chi connectivity index (χ3v) is 4.87. The van der Waals surface area contributed by atoms with E-state index >= 15 is 0 Å². The maximum Gasteiger partial charge on any atom is 0.446 e. The normalized spacial score (nSPS) is 13.8. The average molecular weight is 395 g/mol. The molecule has 0 saturated heterocycles. The monoisotopic (exact) mass is 395 g/mol. The lowest BCUT2D eigenvalue weighted by molar-refractivity contribution is -0.135. The first-order valence-corrected chi connectivity index (χ1v) is 9.01. The van der Waals surface area contributed by atoms with Crippen molar-refractivity contribution in [1.29, 1.82) is 0 Å². The molecule has 0 N–H and O–H groups in total. The molecule has 0 atom stereocenters. The Morgan fingerprint density at radius 2 is 1.70 bits per heavy atom. The summed E-state index contributed by atoms with van der Waals surface area (Å²) < 4.78 is 41.9. The van der Waals surface area contributed by atoms with Crippen molar-refractivity contribution in [2.24, 2.45) is 0 Å². The zero-order valence-electron chi connectivity index (χ0n) is 14.2. The van der Waals surface area contributed by atoms with Gasteiger partial charge in [0.1, 0.15) is 0 Å². The Hall–Kier alpha value is -2.48. The molecule has 2 aromatic rings. The third kappa shape index (κ3) is 5.26. The zero-order chi connectivity index (χ0) is 19.4. The number of nitrogens with zero attached hydrogens (tertiary/aromatic N) is 1. The van der Waals surface area contributed by atoms with Gasteiger partial charge in [-0.25, -0.2) is 4.79 Å². The molecule has 1 amide bonds. The molecule has 8 heteroatoms. The van der Waals surface area contributed by atoms with Gasteiger partial charge in [-0.05, 0) is 53.6 Å². The van der Waals surface area contributed by atoms with Crippen LogP contribution in [0.3, 0.4) is 0 Å². The molecule has 0 saturated carbocycles. The van der Waals surface area contributed by atoms with Crippen molar-refractivity contribution in [1.82, 2.24) is 4.90 Å². The summed E-state index contributed by atoms with van der Waals surface area (Å²) in [5, 5.41) is 0. The molecule has 0 radical (unpaired) electrons. The number of hydrogen-bond donors (Lipinski definition) is 0. The SMILES string of the molecule is O=C(OCC(=O)N1CCc2ccccc2C1)c1ccc(SC(F)(F)F)cc1. The smallest absolute Gasteiger partial charge is 0.446 e. The van der Waals surface area contributed by atoms with Crippen LogP contribution in [0, 0.1) is 0 Å². The lowest BCUT2D eigenvalue weighted by Gasteiger charge is -2.28. The highest BCUT2D eigenvalue weighted by Gasteiger charge is 2.29. The van der Waals surface area contributed by atoms with Crippen LogP contribution in [0.2, 0.25) is 0 Å². The van der Waals surface area contributed by atoms with Crippen molar-refractivity contribution in [3.05, 3.63) is 65.2 Å². The van der Waals surface area contributed by atoms with E-state index < -0.39 is 18.1 Å². The first-order chi connectivity index (χ1) is 12.8. The van der Waals surface area contributed by atoms with E-state index in [2.05, 4.69) is 0 Å². The second-order valence-corrected chi connectivity index (χ2v) is 7.12. The fraction of sp³-hybridized carbons (Fsp3) is 0.263. The van der Waals surface area contributed by atoms with Crippen LogP contribution in [0.25, 0.3) is 0 Å². The fourth-order valence-corrected chi connectivity index (χ4v) is 3.34. The van der Waals surface area contributed by atoms with E-state index in [1.54, 1.807) is 4.90 Å². The van der Waals surface area contributed by atoms with Gasteiger partial charge in [0.2, 0.25) is 0 Å². The van der Waals surface area contributed by atoms with Crippen LogP contribution in [0.5, 0.6) is 0 Å². The quantitative estimate of drug-likeness (QED) is 0.579. The van der Waals surface area contributed by atoms with E-state index in [0.717, 1.165) is 12.0 Å². The largest absolute Gasteiger partial charge is 0.452 e. The van der Waals surface area contributed by atoms with Gasteiger partial charge in [-0.1, -0.05) is 24.3 Å². The Balaban J connectivity index is 1.52. The number of carbonyl (C=O) groups excluding carboxylic acids is 2. The van der Waals surface area contributed by atoms with Gasteiger partial charge in [0.05, 0.1) is 5.56 Å². The maximum absolute atomic E-state index is 12.3. The molecule has 1 heterocycles. The van der Waals surface area contributed by atoms with Crippen LogP contribution < -0.4 is 0 Å². The molecule has 142 valence electrons. The summed E-state index contributed by atoms with van der Waals surface area (Å²) in [5.41, 5.74) is -2.02. The van der Waals surface area contributed by atoms with E-state index in [1.165, 1.54) is 29.8 Å². The van der Waals surface area contributed by atoms with E-state index in [-0.39, 0.29) is 28.1 Å². The van der Waals surface area contributed by atoms with Crippen molar-refractivity contribution in [3.8, 4) is 0 Å². The first-order valence-electron chi connectivity index (χ1n) is 8.19. The fourth-order valence-electron chi connectivity index (χ4n) is 2.80. The number of esters is 1. The van der Waals surface area contributed by atoms with Gasteiger partial charge in [-0.3, -0.25) is 4.79 Å². The number of hydrogen-bond acceptors (Lipinski definition) is 4. The number of ether oxygens (including phenoxy) is 1. The first kappa shape index (κ1) is 19.3. The molecule has 2 aromatic carbocycles. The van der Waals surface area contributed by atoms with Crippen molar-refractivity contribution < 1.29 is 27.5 Å². The second-order valence-electron chi connectivity index (χ2n) is 5.98.